The Hall–Kier alpha value is -2.91. The summed E-state index contributed by atoms with van der Waals surface area (Å²) >= 11 is 0. The fourth-order valence-electron chi connectivity index (χ4n) is 2.13. The van der Waals surface area contributed by atoms with Crippen LogP contribution in [0.3, 0.4) is 0 Å². The number of nitrogens with one attached hydrogen (secondary N) is 2. The fourth-order valence-corrected chi connectivity index (χ4v) is 2.13. The van der Waals surface area contributed by atoms with E-state index < -0.39 is 0 Å². The molecule has 0 radical (unpaired) electrons. The van der Waals surface area contributed by atoms with Gasteiger partial charge in [0.25, 0.3) is 5.91 Å². The molecule has 0 aliphatic rings. The van der Waals surface area contributed by atoms with Gasteiger partial charge in [0, 0.05) is 18.4 Å². The second-order valence-corrected chi connectivity index (χ2v) is 5.69. The van der Waals surface area contributed by atoms with Gasteiger partial charge in [-0.2, -0.15) is 5.26 Å². The van der Waals surface area contributed by atoms with Crippen LogP contribution in [0.1, 0.15) is 22.3 Å². The van der Waals surface area contributed by atoms with Crippen LogP contribution in [-0.2, 0) is 0 Å². The highest BCUT2D eigenvalue weighted by Gasteiger charge is 2.07. The molecule has 0 bridgehead atoms. The molecule has 0 aliphatic heterocycles. The molecular weight excluding hydrogens is 302 g/mol. The molecular formula is C18H21N5O. The van der Waals surface area contributed by atoms with Gasteiger partial charge < -0.3 is 15.5 Å². The predicted octanol–water partition coefficient (Wildman–Crippen LogP) is 2.38. The maximum absolute atomic E-state index is 12.1. The van der Waals surface area contributed by atoms with Crippen molar-refractivity contribution in [1.82, 2.24) is 15.2 Å². The molecule has 0 spiro atoms. The average Bonchev–Trinajstić information content (AvgIpc) is 2.59. The van der Waals surface area contributed by atoms with Crippen molar-refractivity contribution < 1.29 is 4.79 Å². The second kappa shape index (κ2) is 8.65. The summed E-state index contributed by atoms with van der Waals surface area (Å²) < 4.78 is 0. The lowest BCUT2D eigenvalue weighted by atomic mass is 10.2. The number of hydrogen-bond acceptors (Lipinski definition) is 5. The van der Waals surface area contributed by atoms with E-state index in [-0.39, 0.29) is 5.91 Å². The number of aromatic nitrogens is 1. The minimum Gasteiger partial charge on any atom is -0.354 e. The van der Waals surface area contributed by atoms with Gasteiger partial charge in [-0.1, -0.05) is 0 Å². The van der Waals surface area contributed by atoms with E-state index in [9.17, 15) is 4.79 Å². The quantitative estimate of drug-likeness (QED) is 0.765. The number of nitrogens with zero attached hydrogens (tertiary/aromatic N) is 3. The third-order valence-electron chi connectivity index (χ3n) is 3.37. The Kier molecular flexibility index (Phi) is 6.29. The SMILES string of the molecule is CN(C)CCCNC(=O)c1cncc(Nc2ccc(C#N)cc2)c1. The van der Waals surface area contributed by atoms with E-state index in [1.807, 2.05) is 26.2 Å². The summed E-state index contributed by atoms with van der Waals surface area (Å²) in [6, 6.07) is 10.9. The Morgan fingerprint density at radius 3 is 2.62 bits per heavy atom. The first kappa shape index (κ1) is 17.4. The average molecular weight is 323 g/mol. The number of hydrogen-bond donors (Lipinski definition) is 2. The van der Waals surface area contributed by atoms with Crippen molar-refractivity contribution in [3.8, 4) is 6.07 Å². The van der Waals surface area contributed by atoms with Crippen molar-refractivity contribution in [2.24, 2.45) is 0 Å². The zero-order valence-electron chi connectivity index (χ0n) is 13.9. The highest BCUT2D eigenvalue weighted by Crippen LogP contribution is 2.17. The number of benzene rings is 1. The van der Waals surface area contributed by atoms with Crippen molar-refractivity contribution >= 4 is 17.3 Å². The van der Waals surface area contributed by atoms with Crippen LogP contribution in [0.15, 0.2) is 42.7 Å². The van der Waals surface area contributed by atoms with Crippen LogP contribution in [-0.4, -0.2) is 43.0 Å². The van der Waals surface area contributed by atoms with Gasteiger partial charge in [-0.05, 0) is 57.4 Å². The van der Waals surface area contributed by atoms with Gasteiger partial charge in [0.1, 0.15) is 0 Å². The lowest BCUT2D eigenvalue weighted by molar-refractivity contribution is 0.0952. The van der Waals surface area contributed by atoms with Crippen molar-refractivity contribution in [3.05, 3.63) is 53.9 Å². The first-order valence-electron chi connectivity index (χ1n) is 7.73. The Balaban J connectivity index is 1.95. The van der Waals surface area contributed by atoms with E-state index in [4.69, 9.17) is 5.26 Å². The van der Waals surface area contributed by atoms with Crippen molar-refractivity contribution in [2.75, 3.05) is 32.5 Å². The van der Waals surface area contributed by atoms with Crippen LogP contribution in [0.2, 0.25) is 0 Å². The second-order valence-electron chi connectivity index (χ2n) is 5.69. The molecule has 0 atom stereocenters. The Labute approximate surface area is 142 Å². The fraction of sp³-hybridized carbons (Fsp3) is 0.278. The summed E-state index contributed by atoms with van der Waals surface area (Å²) in [6.45, 7) is 1.56. The van der Waals surface area contributed by atoms with E-state index in [2.05, 4.69) is 26.6 Å². The molecule has 2 rings (SSSR count). The molecule has 1 aromatic heterocycles. The normalized spacial score (nSPS) is 10.2. The third-order valence-corrected chi connectivity index (χ3v) is 3.37. The number of amides is 1. The molecule has 1 amide bonds. The molecule has 0 saturated heterocycles. The highest BCUT2D eigenvalue weighted by atomic mass is 16.1. The molecule has 2 N–H and O–H groups in total. The maximum atomic E-state index is 12.1. The zero-order valence-corrected chi connectivity index (χ0v) is 13.9. The lowest BCUT2D eigenvalue weighted by Gasteiger charge is -2.11. The summed E-state index contributed by atoms with van der Waals surface area (Å²) in [7, 11) is 4.01. The van der Waals surface area contributed by atoms with E-state index in [0.29, 0.717) is 17.7 Å². The van der Waals surface area contributed by atoms with E-state index in [0.717, 1.165) is 24.3 Å². The molecule has 6 heteroatoms. The summed E-state index contributed by atoms with van der Waals surface area (Å²) in [5, 5.41) is 14.9. The van der Waals surface area contributed by atoms with Crippen molar-refractivity contribution in [1.29, 1.82) is 5.26 Å². The number of rotatable bonds is 7. The van der Waals surface area contributed by atoms with Gasteiger partial charge in [-0.3, -0.25) is 9.78 Å². The van der Waals surface area contributed by atoms with Crippen molar-refractivity contribution in [2.45, 2.75) is 6.42 Å². The summed E-state index contributed by atoms with van der Waals surface area (Å²) in [5.41, 5.74) is 2.67. The van der Waals surface area contributed by atoms with Gasteiger partial charge in [0.05, 0.1) is 29.1 Å². The number of nitriles is 1. The molecule has 0 saturated carbocycles. The molecule has 2 aromatic rings. The van der Waals surface area contributed by atoms with Gasteiger partial charge in [-0.15, -0.1) is 0 Å². The summed E-state index contributed by atoms with van der Waals surface area (Å²) in [5.74, 6) is -0.135. The third kappa shape index (κ3) is 5.38. The number of carbonyl (C=O) groups is 1. The smallest absolute Gasteiger partial charge is 0.252 e. The zero-order chi connectivity index (χ0) is 17.4. The van der Waals surface area contributed by atoms with Crippen LogP contribution in [0.25, 0.3) is 0 Å². The molecule has 1 heterocycles. The molecule has 0 unspecified atom stereocenters. The van der Waals surface area contributed by atoms with Gasteiger partial charge in [0.2, 0.25) is 0 Å². The molecule has 1 aromatic carbocycles. The first-order chi connectivity index (χ1) is 11.6. The van der Waals surface area contributed by atoms with Crippen LogP contribution < -0.4 is 10.6 Å². The van der Waals surface area contributed by atoms with Crippen LogP contribution in [0.5, 0.6) is 0 Å². The van der Waals surface area contributed by atoms with Crippen LogP contribution in [0.4, 0.5) is 11.4 Å². The molecule has 6 nitrogen and oxygen atoms in total. The van der Waals surface area contributed by atoms with Gasteiger partial charge >= 0.3 is 0 Å². The summed E-state index contributed by atoms with van der Waals surface area (Å²) in [6.07, 6.45) is 4.10. The highest BCUT2D eigenvalue weighted by molar-refractivity contribution is 5.94. The molecule has 0 fully saturated rings. The number of anilines is 2. The standard InChI is InChI=1S/C18H21N5O/c1-23(2)9-3-8-21-18(24)15-10-17(13-20-12-15)22-16-6-4-14(11-19)5-7-16/h4-7,10,12-13,22H,3,8-9H2,1-2H3,(H,21,24). The van der Waals surface area contributed by atoms with Crippen LogP contribution in [0, 0.1) is 11.3 Å². The Bertz CT molecular complexity index is 719. The number of pyridine rings is 1. The lowest BCUT2D eigenvalue weighted by Crippen LogP contribution is -2.27. The molecule has 0 aliphatic carbocycles. The largest absolute Gasteiger partial charge is 0.354 e. The monoisotopic (exact) mass is 323 g/mol. The van der Waals surface area contributed by atoms with Gasteiger partial charge in [-0.25, -0.2) is 0 Å². The Morgan fingerprint density at radius 1 is 1.21 bits per heavy atom. The minimum absolute atomic E-state index is 0.135. The first-order valence-corrected chi connectivity index (χ1v) is 7.73. The van der Waals surface area contributed by atoms with Crippen LogP contribution >= 0.6 is 0 Å². The van der Waals surface area contributed by atoms with E-state index >= 15 is 0 Å². The van der Waals surface area contributed by atoms with E-state index in [1.54, 1.807) is 30.6 Å². The van der Waals surface area contributed by atoms with Gasteiger partial charge in [0.15, 0.2) is 0 Å². The topological polar surface area (TPSA) is 81.1 Å². The number of carbonyl (C=O) groups excluding carboxylic acids is 1. The molecule has 24 heavy (non-hydrogen) atoms. The maximum Gasteiger partial charge on any atom is 0.252 e. The molecule has 124 valence electrons. The minimum atomic E-state index is -0.135. The Morgan fingerprint density at radius 2 is 1.96 bits per heavy atom. The van der Waals surface area contributed by atoms with Crippen molar-refractivity contribution in [3.63, 3.8) is 0 Å². The van der Waals surface area contributed by atoms with E-state index in [1.165, 1.54) is 0 Å². The summed E-state index contributed by atoms with van der Waals surface area (Å²) in [4.78, 5) is 18.3. The predicted molar refractivity (Wildman–Crippen MR) is 94.2 cm³/mol.